The van der Waals surface area contributed by atoms with Crippen LogP contribution in [0.25, 0.3) is 0 Å². The Morgan fingerprint density at radius 3 is 2.75 bits per heavy atom. The first-order chi connectivity index (χ1) is 7.49. The molecule has 0 fully saturated rings. The predicted molar refractivity (Wildman–Crippen MR) is 59.4 cm³/mol. The van der Waals surface area contributed by atoms with Crippen molar-refractivity contribution in [2.45, 2.75) is 33.1 Å². The predicted octanol–water partition coefficient (Wildman–Crippen LogP) is 0.986. The maximum atomic E-state index is 11.6. The van der Waals surface area contributed by atoms with E-state index in [0.717, 1.165) is 0 Å². The van der Waals surface area contributed by atoms with E-state index in [-0.39, 0.29) is 18.4 Å². The number of carbonyl (C=O) groups is 1. The van der Waals surface area contributed by atoms with Crippen LogP contribution in [0, 0.1) is 5.92 Å². The molecule has 0 atom stereocenters. The maximum absolute atomic E-state index is 11.6. The van der Waals surface area contributed by atoms with Crippen LogP contribution in [0.15, 0.2) is 11.0 Å². The van der Waals surface area contributed by atoms with Crippen molar-refractivity contribution < 1.29 is 9.90 Å². The quantitative estimate of drug-likeness (QED) is 0.781. The van der Waals surface area contributed by atoms with Gasteiger partial charge in [-0.1, -0.05) is 13.8 Å². The topological polar surface area (TPSA) is 83.0 Å². The highest BCUT2D eigenvalue weighted by atomic mass is 16.4. The molecule has 1 aromatic rings. The van der Waals surface area contributed by atoms with Crippen molar-refractivity contribution in [3.05, 3.63) is 27.9 Å². The van der Waals surface area contributed by atoms with E-state index in [1.54, 1.807) is 0 Å². The number of nitrogens with one attached hydrogen (secondary N) is 1. The van der Waals surface area contributed by atoms with Crippen molar-refractivity contribution in [3.63, 3.8) is 0 Å². The second-order valence-electron chi connectivity index (χ2n) is 4.18. The first-order valence-electron chi connectivity index (χ1n) is 5.28. The zero-order valence-corrected chi connectivity index (χ0v) is 9.49. The van der Waals surface area contributed by atoms with Gasteiger partial charge < -0.3 is 10.1 Å². The SMILES string of the molecule is CC(C)Cc1cnc(CCC(=O)O)[nH]c1=O. The largest absolute Gasteiger partial charge is 0.481 e. The molecular weight excluding hydrogens is 208 g/mol. The van der Waals surface area contributed by atoms with E-state index < -0.39 is 5.97 Å². The van der Waals surface area contributed by atoms with Crippen LogP contribution in [0.4, 0.5) is 0 Å². The van der Waals surface area contributed by atoms with Crippen LogP contribution in [0.5, 0.6) is 0 Å². The molecule has 88 valence electrons. The fourth-order valence-electron chi connectivity index (χ4n) is 1.40. The molecule has 1 rings (SSSR count). The van der Waals surface area contributed by atoms with Gasteiger partial charge in [-0.15, -0.1) is 0 Å². The zero-order valence-electron chi connectivity index (χ0n) is 9.49. The summed E-state index contributed by atoms with van der Waals surface area (Å²) in [5.41, 5.74) is 0.484. The Labute approximate surface area is 93.5 Å². The van der Waals surface area contributed by atoms with E-state index >= 15 is 0 Å². The standard InChI is InChI=1S/C11H16N2O3/c1-7(2)5-8-6-12-9(13-11(8)16)3-4-10(14)15/h6-7H,3-5H2,1-2H3,(H,14,15)(H,12,13,16). The van der Waals surface area contributed by atoms with E-state index in [4.69, 9.17) is 5.11 Å². The number of nitrogens with zero attached hydrogens (tertiary/aromatic N) is 1. The van der Waals surface area contributed by atoms with Crippen LogP contribution in [0.1, 0.15) is 31.7 Å². The summed E-state index contributed by atoms with van der Waals surface area (Å²) in [6, 6.07) is 0. The highest BCUT2D eigenvalue weighted by molar-refractivity contribution is 5.66. The summed E-state index contributed by atoms with van der Waals surface area (Å²) in [4.78, 5) is 28.6. The van der Waals surface area contributed by atoms with Gasteiger partial charge in [0.15, 0.2) is 0 Å². The first kappa shape index (κ1) is 12.4. The van der Waals surface area contributed by atoms with Gasteiger partial charge in [-0.25, -0.2) is 4.98 Å². The second kappa shape index (κ2) is 5.44. The monoisotopic (exact) mass is 224 g/mol. The number of carboxylic acids is 1. The van der Waals surface area contributed by atoms with Gasteiger partial charge in [-0.3, -0.25) is 9.59 Å². The summed E-state index contributed by atoms with van der Waals surface area (Å²) >= 11 is 0. The summed E-state index contributed by atoms with van der Waals surface area (Å²) in [5.74, 6) is -0.0680. The molecule has 16 heavy (non-hydrogen) atoms. The molecule has 0 aliphatic rings. The molecular formula is C11H16N2O3. The molecule has 0 amide bonds. The van der Waals surface area contributed by atoms with Crippen LogP contribution in [-0.2, 0) is 17.6 Å². The van der Waals surface area contributed by atoms with Gasteiger partial charge in [0.05, 0.1) is 6.42 Å². The van der Waals surface area contributed by atoms with E-state index in [0.29, 0.717) is 23.7 Å². The molecule has 5 nitrogen and oxygen atoms in total. The Morgan fingerprint density at radius 1 is 1.56 bits per heavy atom. The fourth-order valence-corrected chi connectivity index (χ4v) is 1.40. The van der Waals surface area contributed by atoms with Crippen molar-refractivity contribution in [1.29, 1.82) is 0 Å². The van der Waals surface area contributed by atoms with Gasteiger partial charge in [0, 0.05) is 18.2 Å². The molecule has 0 bridgehead atoms. The average Bonchev–Trinajstić information content (AvgIpc) is 2.18. The molecule has 2 N–H and O–H groups in total. The van der Waals surface area contributed by atoms with Gasteiger partial charge in [-0.05, 0) is 12.3 Å². The number of H-pyrrole nitrogens is 1. The van der Waals surface area contributed by atoms with Crippen LogP contribution in [0.3, 0.4) is 0 Å². The molecule has 0 saturated heterocycles. The summed E-state index contributed by atoms with van der Waals surface area (Å²) < 4.78 is 0. The summed E-state index contributed by atoms with van der Waals surface area (Å²) in [6.07, 6.45) is 2.45. The van der Waals surface area contributed by atoms with E-state index in [1.807, 2.05) is 13.8 Å². The van der Waals surface area contributed by atoms with Gasteiger partial charge in [0.25, 0.3) is 5.56 Å². The normalized spacial score (nSPS) is 10.7. The molecule has 0 aliphatic carbocycles. The number of aliphatic carboxylic acids is 1. The third kappa shape index (κ3) is 3.84. The van der Waals surface area contributed by atoms with Crippen LogP contribution in [0.2, 0.25) is 0 Å². The lowest BCUT2D eigenvalue weighted by atomic mass is 10.1. The van der Waals surface area contributed by atoms with Crippen LogP contribution in [-0.4, -0.2) is 21.0 Å². The first-order valence-corrected chi connectivity index (χ1v) is 5.28. The Kier molecular flexibility index (Phi) is 4.22. The molecule has 1 aromatic heterocycles. The van der Waals surface area contributed by atoms with Gasteiger partial charge in [-0.2, -0.15) is 0 Å². The maximum Gasteiger partial charge on any atom is 0.303 e. The molecule has 0 unspecified atom stereocenters. The second-order valence-corrected chi connectivity index (χ2v) is 4.18. The number of rotatable bonds is 5. The fraction of sp³-hybridized carbons (Fsp3) is 0.545. The highest BCUT2D eigenvalue weighted by Crippen LogP contribution is 2.02. The molecule has 0 saturated carbocycles. The molecule has 0 aromatic carbocycles. The van der Waals surface area contributed by atoms with Gasteiger partial charge in [0.2, 0.25) is 0 Å². The number of hydrogen-bond donors (Lipinski definition) is 2. The van der Waals surface area contributed by atoms with Crippen molar-refractivity contribution in [3.8, 4) is 0 Å². The lowest BCUT2D eigenvalue weighted by Crippen LogP contribution is -2.18. The Hall–Kier alpha value is -1.65. The number of aryl methyl sites for hydroxylation is 1. The highest BCUT2D eigenvalue weighted by Gasteiger charge is 2.06. The molecule has 0 radical (unpaired) electrons. The number of hydrogen-bond acceptors (Lipinski definition) is 3. The number of aromatic amines is 1. The lowest BCUT2D eigenvalue weighted by molar-refractivity contribution is -0.137. The molecule has 0 spiro atoms. The van der Waals surface area contributed by atoms with Crippen molar-refractivity contribution in [2.24, 2.45) is 5.92 Å². The average molecular weight is 224 g/mol. The number of aromatic nitrogens is 2. The lowest BCUT2D eigenvalue weighted by Gasteiger charge is -2.04. The number of carboxylic acid groups (broad SMARTS) is 1. The smallest absolute Gasteiger partial charge is 0.303 e. The van der Waals surface area contributed by atoms with Crippen molar-refractivity contribution >= 4 is 5.97 Å². The Morgan fingerprint density at radius 2 is 2.25 bits per heavy atom. The molecule has 5 heteroatoms. The van der Waals surface area contributed by atoms with Crippen LogP contribution < -0.4 is 5.56 Å². The van der Waals surface area contributed by atoms with Crippen molar-refractivity contribution in [2.75, 3.05) is 0 Å². The third-order valence-corrected chi connectivity index (χ3v) is 2.13. The van der Waals surface area contributed by atoms with Gasteiger partial charge in [0.1, 0.15) is 5.82 Å². The van der Waals surface area contributed by atoms with Gasteiger partial charge >= 0.3 is 5.97 Å². The summed E-state index contributed by atoms with van der Waals surface area (Å²) in [7, 11) is 0. The molecule has 0 aliphatic heterocycles. The van der Waals surface area contributed by atoms with Crippen LogP contribution >= 0.6 is 0 Å². The summed E-state index contributed by atoms with van der Waals surface area (Å²) in [5, 5.41) is 8.50. The minimum atomic E-state index is -0.895. The zero-order chi connectivity index (χ0) is 12.1. The minimum Gasteiger partial charge on any atom is -0.481 e. The minimum absolute atomic E-state index is 0.0214. The van der Waals surface area contributed by atoms with E-state index in [1.165, 1.54) is 6.20 Å². The summed E-state index contributed by atoms with van der Waals surface area (Å²) in [6.45, 7) is 4.05. The Bertz CT molecular complexity index is 423. The van der Waals surface area contributed by atoms with Crippen molar-refractivity contribution in [1.82, 2.24) is 9.97 Å². The van der Waals surface area contributed by atoms with E-state index in [9.17, 15) is 9.59 Å². The molecule has 1 heterocycles. The third-order valence-electron chi connectivity index (χ3n) is 2.13. The van der Waals surface area contributed by atoms with E-state index in [2.05, 4.69) is 9.97 Å². The Balaban J connectivity index is 2.75.